The van der Waals surface area contributed by atoms with Crippen LogP contribution in [0.15, 0.2) is 36.4 Å². The van der Waals surface area contributed by atoms with Crippen molar-refractivity contribution < 1.29 is 27.8 Å². The number of aromatic hydroxyl groups is 1. The van der Waals surface area contributed by atoms with Crippen LogP contribution in [0.1, 0.15) is 12.8 Å². The van der Waals surface area contributed by atoms with E-state index in [-0.39, 0.29) is 25.2 Å². The largest absolute Gasteiger partial charge is 0.506 e. The lowest BCUT2D eigenvalue weighted by Crippen LogP contribution is -2.38. The summed E-state index contributed by atoms with van der Waals surface area (Å²) < 4.78 is 44.0. The summed E-state index contributed by atoms with van der Waals surface area (Å²) in [6, 6.07) is 10.4. The second-order valence-electron chi connectivity index (χ2n) is 7.68. The van der Waals surface area contributed by atoms with E-state index >= 15 is 0 Å². The minimum Gasteiger partial charge on any atom is -0.506 e. The van der Waals surface area contributed by atoms with Gasteiger partial charge in [-0.1, -0.05) is 0 Å². The molecule has 0 aliphatic carbocycles. The number of halogens is 3. The number of aldehydes is 1. The van der Waals surface area contributed by atoms with Crippen molar-refractivity contribution in [1.29, 1.82) is 0 Å². The van der Waals surface area contributed by atoms with Crippen molar-refractivity contribution in [2.45, 2.75) is 19.0 Å². The molecule has 1 aliphatic rings. The molecule has 0 spiro atoms. The Kier molecular flexibility index (Phi) is 6.82. The molecular formula is C22H26F3N3O3. The van der Waals surface area contributed by atoms with Gasteiger partial charge in [-0.25, -0.2) is 0 Å². The van der Waals surface area contributed by atoms with Gasteiger partial charge in [-0.05, 0) is 37.1 Å². The lowest BCUT2D eigenvalue weighted by molar-refractivity contribution is -0.179. The van der Waals surface area contributed by atoms with Crippen molar-refractivity contribution in [3.8, 4) is 11.5 Å². The van der Waals surface area contributed by atoms with E-state index in [9.17, 15) is 23.1 Å². The Labute approximate surface area is 179 Å². The summed E-state index contributed by atoms with van der Waals surface area (Å²) in [5, 5.41) is 13.5. The Balaban J connectivity index is 1.70. The Morgan fingerprint density at radius 3 is 2.39 bits per heavy atom. The van der Waals surface area contributed by atoms with Gasteiger partial charge in [0.05, 0.1) is 17.3 Å². The van der Waals surface area contributed by atoms with E-state index in [1.54, 1.807) is 43.3 Å². The van der Waals surface area contributed by atoms with Gasteiger partial charge in [0.1, 0.15) is 18.1 Å². The van der Waals surface area contributed by atoms with Crippen LogP contribution in [0, 0.1) is 5.92 Å². The molecule has 2 aromatic rings. The van der Waals surface area contributed by atoms with Crippen LogP contribution < -0.4 is 19.9 Å². The van der Waals surface area contributed by atoms with Gasteiger partial charge in [0, 0.05) is 50.7 Å². The number of piperidine rings is 1. The van der Waals surface area contributed by atoms with E-state index in [0.29, 0.717) is 42.2 Å². The monoisotopic (exact) mass is 437 g/mol. The van der Waals surface area contributed by atoms with Crippen LogP contribution in [0.3, 0.4) is 0 Å². The van der Waals surface area contributed by atoms with Crippen molar-refractivity contribution >= 4 is 29.0 Å². The number of ether oxygens (including phenoxy) is 1. The molecule has 2 N–H and O–H groups in total. The van der Waals surface area contributed by atoms with Gasteiger partial charge >= 0.3 is 6.18 Å². The number of carbonyl (C=O) groups is 1. The molecule has 0 atom stereocenters. The van der Waals surface area contributed by atoms with Crippen molar-refractivity contribution in [2.75, 3.05) is 48.9 Å². The highest BCUT2D eigenvalue weighted by atomic mass is 19.4. The lowest BCUT2D eigenvalue weighted by Gasteiger charge is -2.34. The molecule has 1 fully saturated rings. The van der Waals surface area contributed by atoms with E-state index in [2.05, 4.69) is 5.32 Å². The van der Waals surface area contributed by atoms with Crippen molar-refractivity contribution in [2.24, 2.45) is 5.92 Å². The number of anilines is 4. The van der Waals surface area contributed by atoms with Crippen molar-refractivity contribution in [3.05, 3.63) is 36.4 Å². The number of phenols is 1. The van der Waals surface area contributed by atoms with E-state index in [1.165, 1.54) is 0 Å². The highest BCUT2D eigenvalue weighted by Gasteiger charge is 2.41. The maximum atomic E-state index is 12.9. The summed E-state index contributed by atoms with van der Waals surface area (Å²) in [5.74, 6) is -0.768. The molecule has 0 radical (unpaired) electrons. The molecule has 0 saturated carbocycles. The van der Waals surface area contributed by atoms with Crippen LogP contribution in [0.2, 0.25) is 0 Å². The predicted octanol–water partition coefficient (Wildman–Crippen LogP) is 4.56. The third-order valence-electron chi connectivity index (χ3n) is 5.34. The second-order valence-corrected chi connectivity index (χ2v) is 7.68. The second kappa shape index (κ2) is 9.36. The highest BCUT2D eigenvalue weighted by Crippen LogP contribution is 2.39. The predicted molar refractivity (Wildman–Crippen MR) is 115 cm³/mol. The molecule has 168 valence electrons. The Morgan fingerprint density at radius 1 is 1.19 bits per heavy atom. The van der Waals surface area contributed by atoms with Crippen LogP contribution >= 0.6 is 0 Å². The number of carbonyl (C=O) groups excluding carboxylic acids is 1. The summed E-state index contributed by atoms with van der Waals surface area (Å²) in [4.78, 5) is 14.4. The van der Waals surface area contributed by atoms with Crippen LogP contribution in [0.5, 0.6) is 11.5 Å². The maximum Gasteiger partial charge on any atom is 0.391 e. The molecule has 1 heterocycles. The zero-order chi connectivity index (χ0) is 22.6. The van der Waals surface area contributed by atoms with Gasteiger partial charge in [0.25, 0.3) is 0 Å². The number of benzene rings is 2. The average Bonchev–Trinajstić information content (AvgIpc) is 2.73. The number of alkyl halides is 3. The third-order valence-corrected chi connectivity index (χ3v) is 5.34. The summed E-state index contributed by atoms with van der Waals surface area (Å²) >= 11 is 0. The van der Waals surface area contributed by atoms with Crippen molar-refractivity contribution in [1.82, 2.24) is 0 Å². The molecule has 6 nitrogen and oxygen atoms in total. The van der Waals surface area contributed by atoms with Gasteiger partial charge < -0.3 is 25.0 Å². The third kappa shape index (κ3) is 5.53. The maximum absolute atomic E-state index is 12.9. The fraction of sp³-hybridized carbons (Fsp3) is 0.409. The summed E-state index contributed by atoms with van der Waals surface area (Å²) in [6.45, 7) is 0.618. The molecular weight excluding hydrogens is 411 g/mol. The smallest absolute Gasteiger partial charge is 0.391 e. The van der Waals surface area contributed by atoms with Gasteiger partial charge in [0.2, 0.25) is 0 Å². The minimum atomic E-state index is -4.13. The first-order valence-electron chi connectivity index (χ1n) is 9.98. The first-order valence-corrected chi connectivity index (χ1v) is 9.98. The Morgan fingerprint density at radius 2 is 1.84 bits per heavy atom. The number of hydrogen-bond donors (Lipinski definition) is 2. The van der Waals surface area contributed by atoms with Gasteiger partial charge in [-0.2, -0.15) is 13.2 Å². The van der Waals surface area contributed by atoms with E-state index in [1.807, 2.05) is 17.0 Å². The quantitative estimate of drug-likeness (QED) is 0.489. The zero-order valence-electron chi connectivity index (χ0n) is 17.4. The number of hydrogen-bond acceptors (Lipinski definition) is 6. The molecule has 0 unspecified atom stereocenters. The molecule has 1 saturated heterocycles. The molecule has 1 aliphatic heterocycles. The highest BCUT2D eigenvalue weighted by molar-refractivity contribution is 5.75. The molecule has 9 heteroatoms. The number of rotatable bonds is 7. The SMILES string of the molecule is CN(C)c1cc(O)c(Nc2ccc(N3CCC(C(F)(F)F)CC3)cc2)cc1OCC=O. The fourth-order valence-corrected chi connectivity index (χ4v) is 3.62. The fourth-order valence-electron chi connectivity index (χ4n) is 3.62. The van der Waals surface area contributed by atoms with Gasteiger partial charge in [0.15, 0.2) is 6.29 Å². The first kappa shape index (κ1) is 22.6. The number of nitrogens with one attached hydrogen (secondary N) is 1. The van der Waals surface area contributed by atoms with Gasteiger partial charge in [-0.3, -0.25) is 4.79 Å². The Hall–Kier alpha value is -3.10. The van der Waals surface area contributed by atoms with E-state index in [4.69, 9.17) is 4.74 Å². The topological polar surface area (TPSA) is 65.0 Å². The number of nitrogens with zero attached hydrogens (tertiary/aromatic N) is 2. The van der Waals surface area contributed by atoms with Gasteiger partial charge in [-0.15, -0.1) is 0 Å². The summed E-state index contributed by atoms with van der Waals surface area (Å²) in [7, 11) is 3.60. The van der Waals surface area contributed by atoms with Crippen LogP contribution in [-0.2, 0) is 4.79 Å². The minimum absolute atomic E-state index is 0.0143. The first-order chi connectivity index (χ1) is 14.7. The lowest BCUT2D eigenvalue weighted by atomic mass is 9.96. The molecule has 0 amide bonds. The van der Waals surface area contributed by atoms with Crippen LogP contribution in [-0.4, -0.2) is 51.4 Å². The molecule has 31 heavy (non-hydrogen) atoms. The summed E-state index contributed by atoms with van der Waals surface area (Å²) in [6.07, 6.45) is -3.29. The molecule has 2 aromatic carbocycles. The molecule has 0 aromatic heterocycles. The Bertz CT molecular complexity index is 893. The average molecular weight is 437 g/mol. The normalized spacial score (nSPS) is 14.9. The molecule has 3 rings (SSSR count). The van der Waals surface area contributed by atoms with E-state index in [0.717, 1.165) is 5.69 Å². The molecule has 0 bridgehead atoms. The zero-order valence-corrected chi connectivity index (χ0v) is 17.4. The van der Waals surface area contributed by atoms with Crippen LogP contribution in [0.25, 0.3) is 0 Å². The van der Waals surface area contributed by atoms with Crippen molar-refractivity contribution in [3.63, 3.8) is 0 Å². The van der Waals surface area contributed by atoms with Crippen LogP contribution in [0.4, 0.5) is 35.9 Å². The van der Waals surface area contributed by atoms with E-state index < -0.39 is 12.1 Å². The summed E-state index contributed by atoms with van der Waals surface area (Å²) in [5.41, 5.74) is 2.59. The standard InChI is InChI=1S/C22H26F3N3O3/c1-27(2)19-14-20(30)18(13-21(19)31-12-11-29)26-16-3-5-17(6-4-16)28-9-7-15(8-10-28)22(23,24)25/h3-6,11,13-15,26,30H,7-10,12H2,1-2H3. The number of phenolic OH excluding ortho intramolecular Hbond substituents is 1.